The van der Waals surface area contributed by atoms with Crippen LogP contribution in [0.1, 0.15) is 11.8 Å². The van der Waals surface area contributed by atoms with Crippen molar-refractivity contribution in [2.45, 2.75) is 35.4 Å². The number of nitrogens with one attached hydrogen (secondary N) is 1. The molecule has 0 aliphatic carbocycles. The molecule has 4 atom stereocenters. The third kappa shape index (κ3) is 3.12. The van der Waals surface area contributed by atoms with Gasteiger partial charge in [-0.15, -0.1) is 0 Å². The highest BCUT2D eigenvalue weighted by Crippen LogP contribution is 2.34. The molecule has 26 heavy (non-hydrogen) atoms. The van der Waals surface area contributed by atoms with Crippen molar-refractivity contribution < 1.29 is 18.3 Å². The first-order valence-electron chi connectivity index (χ1n) is 7.89. The van der Waals surface area contributed by atoms with Crippen LogP contribution in [0.5, 0.6) is 0 Å². The van der Waals surface area contributed by atoms with Crippen LogP contribution in [0.25, 0.3) is 0 Å². The Bertz CT molecular complexity index is 1010. The third-order valence-electron chi connectivity index (χ3n) is 4.40. The topological polar surface area (TPSA) is 144 Å². The number of ether oxygens (including phenoxy) is 1. The molecule has 0 unspecified atom stereocenters. The second-order valence-electron chi connectivity index (χ2n) is 6.17. The first kappa shape index (κ1) is 18.5. The molecule has 2 heterocycles. The van der Waals surface area contributed by atoms with Gasteiger partial charge in [0.25, 0.3) is 5.56 Å². The van der Waals surface area contributed by atoms with Crippen LogP contribution in [0.3, 0.4) is 0 Å². The minimum Gasteiger partial charge on any atom is -0.394 e. The first-order chi connectivity index (χ1) is 12.3. The summed E-state index contributed by atoms with van der Waals surface area (Å²) >= 11 is 0. The zero-order valence-electron chi connectivity index (χ0n) is 13.9. The van der Waals surface area contributed by atoms with Gasteiger partial charge in [0.05, 0.1) is 17.5 Å². The highest BCUT2D eigenvalue weighted by molar-refractivity contribution is 7.92. The molecule has 9 nitrogen and oxygen atoms in total. The van der Waals surface area contributed by atoms with Gasteiger partial charge in [-0.05, 0) is 19.1 Å². The van der Waals surface area contributed by atoms with Gasteiger partial charge in [0.1, 0.15) is 11.4 Å². The van der Waals surface area contributed by atoms with Crippen LogP contribution < -0.4 is 17.0 Å². The number of aromatic nitrogens is 2. The van der Waals surface area contributed by atoms with Crippen molar-refractivity contribution in [2.75, 3.05) is 6.61 Å². The van der Waals surface area contributed by atoms with Gasteiger partial charge in [0, 0.05) is 12.3 Å². The van der Waals surface area contributed by atoms with Gasteiger partial charge < -0.3 is 15.6 Å². The molecule has 140 valence electrons. The van der Waals surface area contributed by atoms with E-state index in [4.69, 9.17) is 10.5 Å². The number of hydrogen-bond acceptors (Lipinski definition) is 7. The van der Waals surface area contributed by atoms with Crippen molar-refractivity contribution in [1.82, 2.24) is 9.55 Å². The first-order valence-corrected chi connectivity index (χ1v) is 9.44. The molecule has 1 aromatic carbocycles. The molecule has 0 bridgehead atoms. The van der Waals surface area contributed by atoms with Crippen molar-refractivity contribution in [3.63, 3.8) is 0 Å². The third-order valence-corrected chi connectivity index (χ3v) is 6.67. The molecule has 1 fully saturated rings. The Balaban J connectivity index is 2.03. The van der Waals surface area contributed by atoms with Crippen molar-refractivity contribution in [3.05, 3.63) is 62.9 Å². The maximum absolute atomic E-state index is 13.0. The second kappa shape index (κ2) is 6.80. The summed E-state index contributed by atoms with van der Waals surface area (Å²) in [4.78, 5) is 25.3. The molecular weight excluding hydrogens is 362 g/mol. The van der Waals surface area contributed by atoms with Crippen LogP contribution in [0, 0.1) is 6.92 Å². The number of nitrogens with two attached hydrogens (primary N) is 1. The largest absolute Gasteiger partial charge is 0.394 e. The molecule has 0 amide bonds. The van der Waals surface area contributed by atoms with Crippen LogP contribution in [0.15, 0.2) is 51.0 Å². The minimum absolute atomic E-state index is 0.0556. The molecule has 0 radical (unpaired) electrons. The van der Waals surface area contributed by atoms with E-state index < -0.39 is 51.3 Å². The van der Waals surface area contributed by atoms with Gasteiger partial charge >= 0.3 is 5.69 Å². The monoisotopic (exact) mass is 381 g/mol. The average Bonchev–Trinajstić information content (AvgIpc) is 2.92. The van der Waals surface area contributed by atoms with Crippen LogP contribution in [-0.2, 0) is 14.6 Å². The Morgan fingerprint density at radius 3 is 2.46 bits per heavy atom. The maximum Gasteiger partial charge on any atom is 0.330 e. The van der Waals surface area contributed by atoms with Gasteiger partial charge in [0.15, 0.2) is 16.1 Å². The SMILES string of the molecule is Cc1ccc(S(=O)(=O)[C@H]2[C@@H](N)[C@H](n3ccc(=O)[nH]c3=O)O[C@@H]2CO)cc1. The standard InChI is InChI=1S/C16H19N3O6S/c1-9-2-4-10(5-3-9)26(23,24)14-11(8-20)25-15(13(14)17)19-7-6-12(21)18-16(19)22/h2-7,11,13-15,20H,8,17H2,1H3,(H,18,21,22)/t11-,13-,14-,15-/m1/s1. The normalized spacial score (nSPS) is 26.1. The van der Waals surface area contributed by atoms with Gasteiger partial charge in [-0.1, -0.05) is 17.7 Å². The maximum atomic E-state index is 13.0. The van der Waals surface area contributed by atoms with Gasteiger partial charge in [-0.25, -0.2) is 13.2 Å². The number of sulfone groups is 1. The minimum atomic E-state index is -3.93. The number of aliphatic hydroxyl groups is 1. The van der Waals surface area contributed by atoms with E-state index in [0.717, 1.165) is 16.2 Å². The summed E-state index contributed by atoms with van der Waals surface area (Å²) in [7, 11) is -3.93. The predicted octanol–water partition coefficient (Wildman–Crippen LogP) is -1.10. The number of H-pyrrole nitrogens is 1. The number of nitrogens with zero attached hydrogens (tertiary/aromatic N) is 1. The summed E-state index contributed by atoms with van der Waals surface area (Å²) in [5, 5.41) is 8.35. The molecule has 10 heteroatoms. The number of hydrogen-bond donors (Lipinski definition) is 3. The van der Waals surface area contributed by atoms with E-state index in [1.54, 1.807) is 12.1 Å². The molecule has 2 aromatic rings. The summed E-state index contributed by atoms with van der Waals surface area (Å²) in [6.07, 6.45) is -1.07. The van der Waals surface area contributed by atoms with E-state index in [-0.39, 0.29) is 4.90 Å². The smallest absolute Gasteiger partial charge is 0.330 e. The predicted molar refractivity (Wildman–Crippen MR) is 92.4 cm³/mol. The molecule has 0 spiro atoms. The fourth-order valence-corrected chi connectivity index (χ4v) is 5.00. The second-order valence-corrected chi connectivity index (χ2v) is 8.27. The fraction of sp³-hybridized carbons (Fsp3) is 0.375. The zero-order valence-corrected chi connectivity index (χ0v) is 14.7. The lowest BCUT2D eigenvalue weighted by molar-refractivity contribution is -0.0275. The van der Waals surface area contributed by atoms with E-state index in [2.05, 4.69) is 4.98 Å². The van der Waals surface area contributed by atoms with Crippen LogP contribution in [0.4, 0.5) is 0 Å². The fourth-order valence-electron chi connectivity index (χ4n) is 3.07. The Hall–Kier alpha value is -2.27. The number of aliphatic hydroxyl groups excluding tert-OH is 1. The quantitative estimate of drug-likeness (QED) is 0.610. The summed E-state index contributed by atoms with van der Waals surface area (Å²) in [6, 6.07) is 6.23. The van der Waals surface area contributed by atoms with Crippen LogP contribution in [-0.4, -0.2) is 47.1 Å². The lowest BCUT2D eigenvalue weighted by atomic mass is 10.1. The van der Waals surface area contributed by atoms with E-state index in [1.165, 1.54) is 18.3 Å². The number of benzene rings is 1. The average molecular weight is 381 g/mol. The number of rotatable bonds is 4. The zero-order chi connectivity index (χ0) is 19.1. The number of aryl methyl sites for hydroxylation is 1. The van der Waals surface area contributed by atoms with Gasteiger partial charge in [-0.3, -0.25) is 14.3 Å². The van der Waals surface area contributed by atoms with Crippen molar-refractivity contribution in [1.29, 1.82) is 0 Å². The molecule has 1 aromatic heterocycles. The highest BCUT2D eigenvalue weighted by Gasteiger charge is 2.50. The molecule has 1 aliphatic heterocycles. The van der Waals surface area contributed by atoms with E-state index in [0.29, 0.717) is 0 Å². The number of aromatic amines is 1. The van der Waals surface area contributed by atoms with Crippen LogP contribution in [0.2, 0.25) is 0 Å². The van der Waals surface area contributed by atoms with E-state index in [1.807, 2.05) is 6.92 Å². The van der Waals surface area contributed by atoms with Crippen molar-refractivity contribution >= 4 is 9.84 Å². The van der Waals surface area contributed by atoms with Crippen LogP contribution >= 0.6 is 0 Å². The lowest BCUT2D eigenvalue weighted by Crippen LogP contribution is -2.46. The molecule has 0 saturated carbocycles. The molecule has 1 saturated heterocycles. The highest BCUT2D eigenvalue weighted by atomic mass is 32.2. The summed E-state index contributed by atoms with van der Waals surface area (Å²) in [6.45, 7) is 1.24. The van der Waals surface area contributed by atoms with Gasteiger partial charge in [0.2, 0.25) is 0 Å². The molecule has 3 rings (SSSR count). The van der Waals surface area contributed by atoms with E-state index >= 15 is 0 Å². The Labute approximate surface area is 149 Å². The van der Waals surface area contributed by atoms with Crippen molar-refractivity contribution in [2.24, 2.45) is 5.73 Å². The Morgan fingerprint density at radius 2 is 1.88 bits per heavy atom. The summed E-state index contributed by atoms with van der Waals surface area (Å²) in [5.41, 5.74) is 5.64. The summed E-state index contributed by atoms with van der Waals surface area (Å²) in [5.74, 6) is 0. The lowest BCUT2D eigenvalue weighted by Gasteiger charge is -2.21. The van der Waals surface area contributed by atoms with Crippen molar-refractivity contribution in [3.8, 4) is 0 Å². The van der Waals surface area contributed by atoms with E-state index in [9.17, 15) is 23.1 Å². The Kier molecular flexibility index (Phi) is 4.84. The van der Waals surface area contributed by atoms with Gasteiger partial charge in [-0.2, -0.15) is 0 Å². The summed E-state index contributed by atoms with van der Waals surface area (Å²) < 4.78 is 32.6. The Morgan fingerprint density at radius 1 is 1.23 bits per heavy atom. The molecule has 4 N–H and O–H groups in total. The molecule has 1 aliphatic rings. The molecular formula is C16H19N3O6S.